The van der Waals surface area contributed by atoms with Crippen molar-refractivity contribution in [1.82, 2.24) is 14.7 Å². The summed E-state index contributed by atoms with van der Waals surface area (Å²) < 4.78 is 9.16. The number of aromatic nitrogens is 2. The van der Waals surface area contributed by atoms with Crippen molar-refractivity contribution in [3.63, 3.8) is 0 Å². The zero-order chi connectivity index (χ0) is 22.1. The van der Waals surface area contributed by atoms with Crippen LogP contribution in [-0.4, -0.2) is 21.3 Å². The fourth-order valence-corrected chi connectivity index (χ4v) is 3.69. The van der Waals surface area contributed by atoms with Crippen LogP contribution in [0.15, 0.2) is 69.9 Å². The van der Waals surface area contributed by atoms with Gasteiger partial charge in [-0.1, -0.05) is 36.4 Å². The van der Waals surface area contributed by atoms with Crippen LogP contribution < -0.4 is 16.2 Å². The summed E-state index contributed by atoms with van der Waals surface area (Å²) in [6.07, 6.45) is 0. The molecule has 2 aromatic heterocycles. The maximum absolute atomic E-state index is 13.0. The summed E-state index contributed by atoms with van der Waals surface area (Å²) in [6, 6.07) is 18.4. The number of benzene rings is 2. The zero-order valence-electron chi connectivity index (χ0n) is 18.0. The molecule has 2 heterocycles. The van der Waals surface area contributed by atoms with Gasteiger partial charge in [-0.15, -0.1) is 0 Å². The van der Waals surface area contributed by atoms with Crippen molar-refractivity contribution in [2.75, 3.05) is 5.32 Å². The summed E-state index contributed by atoms with van der Waals surface area (Å²) >= 11 is 0. The smallest absolute Gasteiger partial charge is 0.295 e. The molecule has 0 aliphatic heterocycles. The van der Waals surface area contributed by atoms with Crippen molar-refractivity contribution in [3.05, 3.63) is 82.5 Å². The highest BCUT2D eigenvalue weighted by Crippen LogP contribution is 2.24. The van der Waals surface area contributed by atoms with Crippen LogP contribution in [0.3, 0.4) is 0 Å². The fraction of sp³-hybridized carbons (Fsp3) is 0.250. The fourth-order valence-electron chi connectivity index (χ4n) is 3.69. The summed E-state index contributed by atoms with van der Waals surface area (Å²) in [5, 5.41) is 7.07. The summed E-state index contributed by atoms with van der Waals surface area (Å²) in [4.78, 5) is 25.9. The van der Waals surface area contributed by atoms with E-state index in [1.807, 2.05) is 74.5 Å². The number of hydrogen-bond acceptors (Lipinski definition) is 4. The van der Waals surface area contributed by atoms with Gasteiger partial charge in [-0.05, 0) is 45.0 Å². The minimum atomic E-state index is -0.535. The topological polar surface area (TPSA) is 81.2 Å². The Bertz CT molecular complexity index is 1250. The van der Waals surface area contributed by atoms with Gasteiger partial charge in [0.1, 0.15) is 17.0 Å². The van der Waals surface area contributed by atoms with Gasteiger partial charge in [0.05, 0.1) is 23.5 Å². The first-order valence-electron chi connectivity index (χ1n) is 10.3. The minimum absolute atomic E-state index is 0.175. The molecule has 4 rings (SSSR count). The van der Waals surface area contributed by atoms with Gasteiger partial charge in [0.15, 0.2) is 0 Å². The predicted molar refractivity (Wildman–Crippen MR) is 122 cm³/mol. The van der Waals surface area contributed by atoms with E-state index in [1.165, 1.54) is 0 Å². The van der Waals surface area contributed by atoms with Crippen LogP contribution in [0.2, 0.25) is 0 Å². The van der Waals surface area contributed by atoms with Gasteiger partial charge in [-0.2, -0.15) is 0 Å². The van der Waals surface area contributed by atoms with Crippen LogP contribution in [0.4, 0.5) is 5.69 Å². The summed E-state index contributed by atoms with van der Waals surface area (Å²) in [6.45, 7) is 5.52. The molecule has 0 fully saturated rings. The summed E-state index contributed by atoms with van der Waals surface area (Å²) in [5.74, 6) is 0.470. The minimum Gasteiger partial charge on any atom is -0.459 e. The molecule has 2 atom stereocenters. The molecule has 0 aliphatic rings. The molecule has 31 heavy (non-hydrogen) atoms. The Kier molecular flexibility index (Phi) is 5.52. The summed E-state index contributed by atoms with van der Waals surface area (Å²) in [5.41, 5.74) is 2.24. The van der Waals surface area contributed by atoms with E-state index in [4.69, 9.17) is 4.42 Å². The number of anilines is 1. The number of para-hydroxylation sites is 2. The second kappa shape index (κ2) is 8.28. The van der Waals surface area contributed by atoms with E-state index in [9.17, 15) is 9.59 Å². The molecule has 2 unspecified atom stereocenters. The maximum atomic E-state index is 13.0. The highest BCUT2D eigenvalue weighted by molar-refractivity contribution is 5.95. The molecule has 4 aromatic rings. The molecule has 2 aromatic carbocycles. The number of carbonyl (C=O) groups is 1. The first kappa shape index (κ1) is 20.7. The third kappa shape index (κ3) is 3.92. The van der Waals surface area contributed by atoms with Gasteiger partial charge in [0.2, 0.25) is 5.91 Å². The standard InChI is InChI=1S/C24H26N4O3/c1-15(21-14-18-10-8-9-13-20(18)31-21)25-16(2)23(29)26-22-17(3)27(4)28(24(22)30)19-11-6-5-7-12-19/h5-16,25H,1-4H3,(H,26,29). The molecule has 0 aliphatic carbocycles. The number of nitrogens with zero attached hydrogens (tertiary/aromatic N) is 2. The van der Waals surface area contributed by atoms with Gasteiger partial charge in [-0.25, -0.2) is 4.68 Å². The SMILES string of the molecule is Cc1c(NC(=O)C(C)NC(C)c2cc3ccccc3o2)c(=O)n(-c2ccccc2)n1C. The van der Waals surface area contributed by atoms with Gasteiger partial charge >= 0.3 is 0 Å². The molecule has 0 radical (unpaired) electrons. The molecule has 1 amide bonds. The molecule has 7 heteroatoms. The Morgan fingerprint density at radius 3 is 2.42 bits per heavy atom. The highest BCUT2D eigenvalue weighted by atomic mass is 16.3. The molecule has 0 spiro atoms. The monoisotopic (exact) mass is 418 g/mol. The first-order valence-corrected chi connectivity index (χ1v) is 10.3. The lowest BCUT2D eigenvalue weighted by atomic mass is 10.2. The lowest BCUT2D eigenvalue weighted by Gasteiger charge is -2.17. The number of nitrogens with one attached hydrogen (secondary N) is 2. The average molecular weight is 418 g/mol. The van der Waals surface area contributed by atoms with Crippen molar-refractivity contribution in [2.45, 2.75) is 32.9 Å². The second-order valence-corrected chi connectivity index (χ2v) is 7.72. The van der Waals surface area contributed by atoms with E-state index in [1.54, 1.807) is 23.3 Å². The van der Waals surface area contributed by atoms with Crippen LogP contribution in [0, 0.1) is 6.92 Å². The molecular formula is C24H26N4O3. The van der Waals surface area contributed by atoms with E-state index in [-0.39, 0.29) is 23.2 Å². The predicted octanol–water partition coefficient (Wildman–Crippen LogP) is 3.91. The van der Waals surface area contributed by atoms with Crippen LogP contribution in [0.1, 0.15) is 31.3 Å². The quantitative estimate of drug-likeness (QED) is 0.498. The maximum Gasteiger partial charge on any atom is 0.295 e. The van der Waals surface area contributed by atoms with Crippen LogP contribution >= 0.6 is 0 Å². The Hall–Kier alpha value is -3.58. The molecule has 0 bridgehead atoms. The van der Waals surface area contributed by atoms with E-state index in [0.717, 1.165) is 22.4 Å². The third-order valence-electron chi connectivity index (χ3n) is 5.57. The zero-order valence-corrected chi connectivity index (χ0v) is 18.0. The molecule has 0 saturated carbocycles. The van der Waals surface area contributed by atoms with Crippen LogP contribution in [0.25, 0.3) is 16.7 Å². The van der Waals surface area contributed by atoms with E-state index < -0.39 is 6.04 Å². The van der Waals surface area contributed by atoms with Crippen molar-refractivity contribution >= 4 is 22.6 Å². The lowest BCUT2D eigenvalue weighted by Crippen LogP contribution is -2.40. The molecular weight excluding hydrogens is 392 g/mol. The van der Waals surface area contributed by atoms with Gasteiger partial charge in [-0.3, -0.25) is 19.6 Å². The van der Waals surface area contributed by atoms with Gasteiger partial charge in [0, 0.05) is 12.4 Å². The Morgan fingerprint density at radius 2 is 1.71 bits per heavy atom. The largest absolute Gasteiger partial charge is 0.459 e. The van der Waals surface area contributed by atoms with Crippen molar-refractivity contribution in [1.29, 1.82) is 0 Å². The number of carbonyl (C=O) groups excluding carboxylic acids is 1. The number of furan rings is 1. The van der Waals surface area contributed by atoms with E-state index in [2.05, 4.69) is 10.6 Å². The Balaban J connectivity index is 1.51. The second-order valence-electron chi connectivity index (χ2n) is 7.72. The number of hydrogen-bond donors (Lipinski definition) is 2. The van der Waals surface area contributed by atoms with Crippen molar-refractivity contribution in [2.24, 2.45) is 7.05 Å². The average Bonchev–Trinajstić information content (AvgIpc) is 3.29. The lowest BCUT2D eigenvalue weighted by molar-refractivity contribution is -0.118. The molecule has 2 N–H and O–H groups in total. The Morgan fingerprint density at radius 1 is 1.03 bits per heavy atom. The first-order chi connectivity index (χ1) is 14.9. The number of amides is 1. The number of fused-ring (bicyclic) bond motifs is 1. The highest BCUT2D eigenvalue weighted by Gasteiger charge is 2.23. The van der Waals surface area contributed by atoms with Crippen LogP contribution in [0.5, 0.6) is 0 Å². The van der Waals surface area contributed by atoms with E-state index in [0.29, 0.717) is 5.69 Å². The van der Waals surface area contributed by atoms with E-state index >= 15 is 0 Å². The summed E-state index contributed by atoms with van der Waals surface area (Å²) in [7, 11) is 1.80. The van der Waals surface area contributed by atoms with Crippen molar-refractivity contribution < 1.29 is 9.21 Å². The number of rotatable bonds is 6. The molecule has 0 saturated heterocycles. The van der Waals surface area contributed by atoms with Gasteiger partial charge < -0.3 is 9.73 Å². The van der Waals surface area contributed by atoms with Crippen LogP contribution in [-0.2, 0) is 11.8 Å². The molecule has 7 nitrogen and oxygen atoms in total. The van der Waals surface area contributed by atoms with Gasteiger partial charge in [0.25, 0.3) is 5.56 Å². The Labute approximate surface area is 180 Å². The third-order valence-corrected chi connectivity index (χ3v) is 5.57. The molecule has 160 valence electrons. The van der Waals surface area contributed by atoms with Crippen molar-refractivity contribution in [3.8, 4) is 5.69 Å². The normalized spacial score (nSPS) is 13.3.